The number of nitrogen functional groups attached to an aromatic ring is 1. The molecule has 98 valence electrons. The molecule has 0 atom stereocenters. The summed E-state index contributed by atoms with van der Waals surface area (Å²) in [5.74, 6) is -0.336. The molecule has 2 heterocycles. The number of pyridine rings is 1. The number of aromatic nitrogens is 2. The minimum Gasteiger partial charge on any atom is -0.397 e. The van der Waals surface area contributed by atoms with Gasteiger partial charge in [-0.05, 0) is 25.3 Å². The Morgan fingerprint density at radius 3 is 3.11 bits per heavy atom. The van der Waals surface area contributed by atoms with E-state index < -0.39 is 0 Å². The summed E-state index contributed by atoms with van der Waals surface area (Å²) in [6.07, 6.45) is 4.59. The smallest absolute Gasteiger partial charge is 0.260 e. The molecular weight excluding hydrogens is 284 g/mol. The number of carbonyl (C=O) groups excluding carboxylic acids is 1. The molecule has 1 aliphatic carbocycles. The number of amides is 1. The molecule has 2 aromatic rings. The third-order valence-corrected chi connectivity index (χ3v) is 4.30. The molecule has 3 rings (SSSR count). The highest BCUT2D eigenvalue weighted by atomic mass is 35.5. The third-order valence-electron chi connectivity index (χ3n) is 2.92. The zero-order valence-corrected chi connectivity index (χ0v) is 11.5. The second-order valence-electron chi connectivity index (χ2n) is 4.30. The van der Waals surface area contributed by atoms with E-state index >= 15 is 0 Å². The quantitative estimate of drug-likeness (QED) is 0.834. The molecule has 7 heteroatoms. The first-order chi connectivity index (χ1) is 9.13. The SMILES string of the molecule is Nc1cnc(Cl)c(C(=O)Nc2nc3c(s2)CCC3)c1. The van der Waals surface area contributed by atoms with Crippen LogP contribution in [0.4, 0.5) is 10.8 Å². The van der Waals surface area contributed by atoms with Crippen molar-refractivity contribution in [3.63, 3.8) is 0 Å². The summed E-state index contributed by atoms with van der Waals surface area (Å²) in [6, 6.07) is 1.51. The molecular formula is C12H11ClN4OS. The van der Waals surface area contributed by atoms with Crippen LogP contribution >= 0.6 is 22.9 Å². The summed E-state index contributed by atoms with van der Waals surface area (Å²) >= 11 is 7.40. The fourth-order valence-electron chi connectivity index (χ4n) is 2.03. The van der Waals surface area contributed by atoms with Crippen LogP contribution in [0.25, 0.3) is 0 Å². The Morgan fingerprint density at radius 2 is 2.32 bits per heavy atom. The normalized spacial score (nSPS) is 13.3. The van der Waals surface area contributed by atoms with Crippen LogP contribution in [0.2, 0.25) is 5.15 Å². The number of hydrogen-bond acceptors (Lipinski definition) is 5. The van der Waals surface area contributed by atoms with Crippen LogP contribution in [0, 0.1) is 0 Å². The molecule has 1 aliphatic rings. The van der Waals surface area contributed by atoms with E-state index in [9.17, 15) is 4.79 Å². The molecule has 19 heavy (non-hydrogen) atoms. The van der Waals surface area contributed by atoms with E-state index in [2.05, 4.69) is 15.3 Å². The van der Waals surface area contributed by atoms with Gasteiger partial charge in [0.25, 0.3) is 5.91 Å². The maximum Gasteiger partial charge on any atom is 0.260 e. The highest BCUT2D eigenvalue weighted by Gasteiger charge is 2.19. The number of carbonyl (C=O) groups is 1. The zero-order valence-electron chi connectivity index (χ0n) is 9.94. The standard InChI is InChI=1S/C12H11ClN4OS/c13-10-7(4-6(14)5-15-10)11(18)17-12-16-8-2-1-3-9(8)19-12/h4-5H,1-3,14H2,(H,16,17,18). The second-order valence-corrected chi connectivity index (χ2v) is 5.75. The van der Waals surface area contributed by atoms with Gasteiger partial charge in [0.15, 0.2) is 5.13 Å². The van der Waals surface area contributed by atoms with Crippen LogP contribution in [0.1, 0.15) is 27.3 Å². The lowest BCUT2D eigenvalue weighted by molar-refractivity contribution is 0.102. The van der Waals surface area contributed by atoms with E-state index in [1.54, 1.807) is 0 Å². The van der Waals surface area contributed by atoms with Crippen LogP contribution in [0.5, 0.6) is 0 Å². The fraction of sp³-hybridized carbons (Fsp3) is 0.250. The van der Waals surface area contributed by atoms with Crippen LogP contribution in [-0.2, 0) is 12.8 Å². The molecule has 0 aliphatic heterocycles. The van der Waals surface area contributed by atoms with Gasteiger partial charge < -0.3 is 5.73 Å². The molecule has 0 spiro atoms. The van der Waals surface area contributed by atoms with E-state index in [4.69, 9.17) is 17.3 Å². The van der Waals surface area contributed by atoms with Crippen LogP contribution in [0.15, 0.2) is 12.3 Å². The summed E-state index contributed by atoms with van der Waals surface area (Å²) < 4.78 is 0. The number of fused-ring (bicyclic) bond motifs is 1. The summed E-state index contributed by atoms with van der Waals surface area (Å²) in [5.41, 5.74) is 7.36. The van der Waals surface area contributed by atoms with Crippen molar-refractivity contribution in [2.24, 2.45) is 0 Å². The first-order valence-electron chi connectivity index (χ1n) is 5.84. The molecule has 1 amide bonds. The predicted molar refractivity (Wildman–Crippen MR) is 75.8 cm³/mol. The maximum atomic E-state index is 12.1. The van der Waals surface area contributed by atoms with Gasteiger partial charge in [-0.1, -0.05) is 11.6 Å². The molecule has 0 aromatic carbocycles. The average Bonchev–Trinajstić information content (AvgIpc) is 2.92. The van der Waals surface area contributed by atoms with Crippen molar-refractivity contribution >= 4 is 39.7 Å². The lowest BCUT2D eigenvalue weighted by atomic mass is 10.2. The van der Waals surface area contributed by atoms with Crippen molar-refractivity contribution in [1.82, 2.24) is 9.97 Å². The lowest BCUT2D eigenvalue weighted by Crippen LogP contribution is -2.13. The van der Waals surface area contributed by atoms with Crippen molar-refractivity contribution in [2.45, 2.75) is 19.3 Å². The number of nitrogens with two attached hydrogens (primary N) is 1. The molecule has 0 unspecified atom stereocenters. The van der Waals surface area contributed by atoms with Gasteiger partial charge in [0, 0.05) is 4.88 Å². The number of aryl methyl sites for hydroxylation is 2. The van der Waals surface area contributed by atoms with Crippen molar-refractivity contribution in [3.8, 4) is 0 Å². The summed E-state index contributed by atoms with van der Waals surface area (Å²) in [5, 5.41) is 3.48. The molecule has 0 saturated heterocycles. The van der Waals surface area contributed by atoms with Gasteiger partial charge in [0.2, 0.25) is 0 Å². The number of nitrogens with one attached hydrogen (secondary N) is 1. The van der Waals surface area contributed by atoms with Crippen LogP contribution < -0.4 is 11.1 Å². The van der Waals surface area contributed by atoms with Crippen molar-refractivity contribution in [1.29, 1.82) is 0 Å². The van der Waals surface area contributed by atoms with Crippen molar-refractivity contribution in [2.75, 3.05) is 11.1 Å². The Kier molecular flexibility index (Phi) is 3.12. The third kappa shape index (κ3) is 2.41. The van der Waals surface area contributed by atoms with Gasteiger partial charge in [-0.15, -0.1) is 11.3 Å². The van der Waals surface area contributed by atoms with Gasteiger partial charge >= 0.3 is 0 Å². The topological polar surface area (TPSA) is 80.9 Å². The van der Waals surface area contributed by atoms with E-state index in [1.807, 2.05) is 0 Å². The Morgan fingerprint density at radius 1 is 1.47 bits per heavy atom. The Bertz CT molecular complexity index is 634. The lowest BCUT2D eigenvalue weighted by Gasteiger charge is -2.04. The minimum atomic E-state index is -0.336. The number of rotatable bonds is 2. The van der Waals surface area contributed by atoms with Gasteiger partial charge in [-0.2, -0.15) is 0 Å². The Balaban J connectivity index is 1.82. The number of anilines is 2. The average molecular weight is 295 g/mol. The predicted octanol–water partition coefficient (Wildman–Crippen LogP) is 2.51. The van der Waals surface area contributed by atoms with E-state index in [-0.39, 0.29) is 16.6 Å². The van der Waals surface area contributed by atoms with Crippen LogP contribution in [-0.4, -0.2) is 15.9 Å². The van der Waals surface area contributed by atoms with E-state index in [1.165, 1.54) is 28.5 Å². The zero-order chi connectivity index (χ0) is 13.4. The van der Waals surface area contributed by atoms with Gasteiger partial charge in [-0.25, -0.2) is 9.97 Å². The van der Waals surface area contributed by atoms with Gasteiger partial charge in [0.1, 0.15) is 5.15 Å². The van der Waals surface area contributed by atoms with Gasteiger partial charge in [-0.3, -0.25) is 10.1 Å². The Labute approximate surface area is 118 Å². The van der Waals surface area contributed by atoms with Gasteiger partial charge in [0.05, 0.1) is 23.1 Å². The highest BCUT2D eigenvalue weighted by molar-refractivity contribution is 7.16. The number of halogens is 1. The number of nitrogens with zero attached hydrogens (tertiary/aromatic N) is 2. The molecule has 0 saturated carbocycles. The molecule has 2 aromatic heterocycles. The summed E-state index contributed by atoms with van der Waals surface area (Å²) in [4.78, 5) is 21.6. The second kappa shape index (κ2) is 4.79. The molecule has 3 N–H and O–H groups in total. The molecule has 5 nitrogen and oxygen atoms in total. The van der Waals surface area contributed by atoms with Crippen LogP contribution in [0.3, 0.4) is 0 Å². The first-order valence-corrected chi connectivity index (χ1v) is 7.04. The Hall–Kier alpha value is -1.66. The monoisotopic (exact) mass is 294 g/mol. The van der Waals surface area contributed by atoms with E-state index in [0.29, 0.717) is 10.8 Å². The van der Waals surface area contributed by atoms with E-state index in [0.717, 1.165) is 25.0 Å². The van der Waals surface area contributed by atoms with Crippen molar-refractivity contribution in [3.05, 3.63) is 33.6 Å². The summed E-state index contributed by atoms with van der Waals surface area (Å²) in [6.45, 7) is 0. The highest BCUT2D eigenvalue weighted by Crippen LogP contribution is 2.30. The largest absolute Gasteiger partial charge is 0.397 e. The molecule has 0 bridgehead atoms. The van der Waals surface area contributed by atoms with Crippen molar-refractivity contribution < 1.29 is 4.79 Å². The number of thiazole rings is 1. The molecule has 0 fully saturated rings. The number of hydrogen-bond donors (Lipinski definition) is 2. The molecule has 0 radical (unpaired) electrons. The maximum absolute atomic E-state index is 12.1. The minimum absolute atomic E-state index is 0.135. The fourth-order valence-corrected chi connectivity index (χ4v) is 3.27. The summed E-state index contributed by atoms with van der Waals surface area (Å²) in [7, 11) is 0. The first kappa shape index (κ1) is 12.4.